The molecule has 0 aliphatic rings. The second-order valence-electron chi connectivity index (χ2n) is 5.20. The largest absolute Gasteiger partial charge is 0.493 e. The number of ether oxygens (including phenoxy) is 2. The Balaban J connectivity index is 1.78. The number of nitrogens with zero attached hydrogens (tertiary/aromatic N) is 6. The van der Waals surface area contributed by atoms with Gasteiger partial charge in [0.2, 0.25) is 0 Å². The third kappa shape index (κ3) is 3.47. The van der Waals surface area contributed by atoms with E-state index in [2.05, 4.69) is 15.3 Å². The first-order chi connectivity index (χ1) is 12.5. The molecule has 11 heteroatoms. The minimum atomic E-state index is -0.480. The van der Waals surface area contributed by atoms with Crippen molar-refractivity contribution in [2.75, 3.05) is 14.2 Å². The van der Waals surface area contributed by atoms with Crippen LogP contribution in [0.3, 0.4) is 0 Å². The van der Waals surface area contributed by atoms with Crippen molar-refractivity contribution in [3.8, 4) is 22.9 Å². The molecule has 3 rings (SSSR count). The highest BCUT2D eigenvalue weighted by Crippen LogP contribution is 2.32. The lowest BCUT2D eigenvalue weighted by Crippen LogP contribution is -1.99. The molecule has 10 nitrogen and oxygen atoms in total. The summed E-state index contributed by atoms with van der Waals surface area (Å²) in [6, 6.07) is 5.50. The first-order valence-electron chi connectivity index (χ1n) is 7.45. The van der Waals surface area contributed by atoms with Gasteiger partial charge in [0, 0.05) is 12.6 Å². The zero-order valence-corrected chi connectivity index (χ0v) is 15.1. The van der Waals surface area contributed by atoms with Crippen LogP contribution in [0.1, 0.15) is 0 Å². The monoisotopic (exact) mass is 376 g/mol. The molecule has 0 saturated heterocycles. The summed E-state index contributed by atoms with van der Waals surface area (Å²) in [6.07, 6.45) is 2.59. The van der Waals surface area contributed by atoms with Crippen molar-refractivity contribution in [2.45, 2.75) is 11.0 Å². The van der Waals surface area contributed by atoms with Gasteiger partial charge < -0.3 is 14.0 Å². The van der Waals surface area contributed by atoms with Crippen molar-refractivity contribution in [2.24, 2.45) is 7.05 Å². The summed E-state index contributed by atoms with van der Waals surface area (Å²) >= 11 is 1.37. The molecule has 2 aromatic heterocycles. The van der Waals surface area contributed by atoms with Crippen LogP contribution < -0.4 is 9.47 Å². The number of rotatable bonds is 7. The van der Waals surface area contributed by atoms with Crippen LogP contribution in [0.5, 0.6) is 11.5 Å². The minimum absolute atomic E-state index is 0.0467. The van der Waals surface area contributed by atoms with Gasteiger partial charge in [-0.1, -0.05) is 11.8 Å². The lowest BCUT2D eigenvalue weighted by molar-refractivity contribution is -0.385. The molecule has 0 atom stereocenters. The number of thioether (sulfide) groups is 1. The molecule has 136 valence electrons. The van der Waals surface area contributed by atoms with Gasteiger partial charge in [0.25, 0.3) is 0 Å². The summed E-state index contributed by atoms with van der Waals surface area (Å²) in [4.78, 5) is 10.2. The molecule has 0 saturated carbocycles. The van der Waals surface area contributed by atoms with E-state index in [1.165, 1.54) is 28.8 Å². The maximum absolute atomic E-state index is 10.7. The Morgan fingerprint density at radius 3 is 2.65 bits per heavy atom. The molecule has 0 bridgehead atoms. The molecular weight excluding hydrogens is 360 g/mol. The summed E-state index contributed by atoms with van der Waals surface area (Å²) < 4.78 is 13.9. The highest BCUT2D eigenvalue weighted by atomic mass is 32.2. The highest BCUT2D eigenvalue weighted by Gasteiger charge is 2.15. The molecule has 0 aliphatic heterocycles. The lowest BCUT2D eigenvalue weighted by Gasteiger charge is -2.09. The molecule has 0 unspecified atom stereocenters. The van der Waals surface area contributed by atoms with Crippen LogP contribution in [-0.2, 0) is 12.9 Å². The fraction of sp³-hybridized carbons (Fsp3) is 0.267. The normalized spacial score (nSPS) is 10.7. The second-order valence-corrected chi connectivity index (χ2v) is 6.12. The Morgan fingerprint density at radius 2 is 2.00 bits per heavy atom. The summed E-state index contributed by atoms with van der Waals surface area (Å²) in [5.41, 5.74) is 0.786. The molecular formula is C15H16N6O4S. The number of nitro groups is 1. The molecule has 0 radical (unpaired) electrons. The van der Waals surface area contributed by atoms with Gasteiger partial charge in [0.1, 0.15) is 12.4 Å². The quantitative estimate of drug-likeness (QED) is 0.351. The molecule has 26 heavy (non-hydrogen) atoms. The van der Waals surface area contributed by atoms with Crippen molar-refractivity contribution in [1.29, 1.82) is 0 Å². The van der Waals surface area contributed by atoms with Crippen LogP contribution in [-0.4, -0.2) is 43.7 Å². The SMILES string of the molecule is COc1ccc(-c2nnc(SCn3cc([N+](=O)[O-])cn3)n2C)cc1OC. The Kier molecular flexibility index (Phi) is 5.07. The van der Waals surface area contributed by atoms with Crippen LogP contribution in [0.25, 0.3) is 11.4 Å². The summed E-state index contributed by atoms with van der Waals surface area (Å²) in [7, 11) is 5.00. The molecule has 2 heterocycles. The van der Waals surface area contributed by atoms with Gasteiger partial charge in [-0.2, -0.15) is 5.10 Å². The minimum Gasteiger partial charge on any atom is -0.493 e. The number of aromatic nitrogens is 5. The van der Waals surface area contributed by atoms with Crippen LogP contribution in [0, 0.1) is 10.1 Å². The zero-order chi connectivity index (χ0) is 18.7. The average molecular weight is 376 g/mol. The van der Waals surface area contributed by atoms with Crippen LogP contribution in [0.15, 0.2) is 35.7 Å². The van der Waals surface area contributed by atoms with Crippen molar-refractivity contribution in [1.82, 2.24) is 24.5 Å². The second kappa shape index (κ2) is 7.44. The first kappa shape index (κ1) is 17.7. The van der Waals surface area contributed by atoms with E-state index < -0.39 is 4.92 Å². The zero-order valence-electron chi connectivity index (χ0n) is 14.3. The van der Waals surface area contributed by atoms with Crippen LogP contribution in [0.2, 0.25) is 0 Å². The van der Waals surface area contributed by atoms with Gasteiger partial charge >= 0.3 is 5.69 Å². The molecule has 0 aliphatic carbocycles. The van der Waals surface area contributed by atoms with Crippen LogP contribution >= 0.6 is 11.8 Å². The Bertz CT molecular complexity index is 938. The molecule has 1 aromatic carbocycles. The van der Waals surface area contributed by atoms with Gasteiger partial charge in [-0.3, -0.25) is 14.8 Å². The van der Waals surface area contributed by atoms with E-state index in [9.17, 15) is 10.1 Å². The Labute approximate surface area is 152 Å². The number of benzene rings is 1. The number of hydrogen-bond donors (Lipinski definition) is 0. The molecule has 0 N–H and O–H groups in total. The first-order valence-corrected chi connectivity index (χ1v) is 8.43. The molecule has 0 fully saturated rings. The predicted molar refractivity (Wildman–Crippen MR) is 94.3 cm³/mol. The smallest absolute Gasteiger partial charge is 0.307 e. The van der Waals surface area contributed by atoms with E-state index in [0.717, 1.165) is 5.56 Å². The van der Waals surface area contributed by atoms with Gasteiger partial charge in [0.05, 0.1) is 25.0 Å². The Hall–Kier alpha value is -3.08. The Morgan fingerprint density at radius 1 is 1.23 bits per heavy atom. The van der Waals surface area contributed by atoms with E-state index in [1.807, 2.05) is 23.7 Å². The van der Waals surface area contributed by atoms with Gasteiger partial charge in [-0.25, -0.2) is 0 Å². The van der Waals surface area contributed by atoms with Crippen LogP contribution in [0.4, 0.5) is 5.69 Å². The van der Waals surface area contributed by atoms with E-state index in [-0.39, 0.29) is 5.69 Å². The summed E-state index contributed by atoms with van der Waals surface area (Å²) in [5.74, 6) is 2.28. The fourth-order valence-electron chi connectivity index (χ4n) is 2.31. The van der Waals surface area contributed by atoms with Gasteiger partial charge in [-0.05, 0) is 18.2 Å². The summed E-state index contributed by atoms with van der Waals surface area (Å²) in [6.45, 7) is 0. The van der Waals surface area contributed by atoms with Crippen molar-refractivity contribution in [3.63, 3.8) is 0 Å². The number of hydrogen-bond acceptors (Lipinski definition) is 8. The van der Waals surface area contributed by atoms with Crippen molar-refractivity contribution >= 4 is 17.4 Å². The summed E-state index contributed by atoms with van der Waals surface area (Å²) in [5, 5.41) is 23.7. The highest BCUT2D eigenvalue weighted by molar-refractivity contribution is 7.98. The average Bonchev–Trinajstić information content (AvgIpc) is 3.26. The van der Waals surface area contributed by atoms with Gasteiger partial charge in [-0.15, -0.1) is 10.2 Å². The predicted octanol–water partition coefficient (Wildman–Crippen LogP) is 2.35. The third-order valence-electron chi connectivity index (χ3n) is 3.63. The molecule has 0 spiro atoms. The standard InChI is InChI=1S/C15H16N6O4S/c1-19-14(10-4-5-12(24-2)13(6-10)25-3)17-18-15(19)26-9-20-8-11(7-16-20)21(22)23/h4-8H,9H2,1-3H3. The molecule has 0 amide bonds. The number of methoxy groups -OCH3 is 2. The van der Waals surface area contributed by atoms with Crippen molar-refractivity contribution in [3.05, 3.63) is 40.7 Å². The maximum Gasteiger partial charge on any atom is 0.307 e. The third-order valence-corrected chi connectivity index (χ3v) is 4.64. The van der Waals surface area contributed by atoms with E-state index in [4.69, 9.17) is 9.47 Å². The van der Waals surface area contributed by atoms with Crippen molar-refractivity contribution < 1.29 is 14.4 Å². The lowest BCUT2D eigenvalue weighted by atomic mass is 10.2. The fourth-order valence-corrected chi connectivity index (χ4v) is 3.08. The maximum atomic E-state index is 10.7. The molecule has 3 aromatic rings. The topological polar surface area (TPSA) is 110 Å². The van der Waals surface area contributed by atoms with E-state index in [1.54, 1.807) is 20.3 Å². The van der Waals surface area contributed by atoms with E-state index in [0.29, 0.717) is 28.4 Å². The van der Waals surface area contributed by atoms with Gasteiger partial charge in [0.15, 0.2) is 22.5 Å². The van der Waals surface area contributed by atoms with E-state index >= 15 is 0 Å².